The minimum Gasteiger partial charge on any atom is -0.333 e. The van der Waals surface area contributed by atoms with Crippen molar-refractivity contribution in [3.63, 3.8) is 0 Å². The molecule has 1 aliphatic rings. The third-order valence-corrected chi connectivity index (χ3v) is 5.16. The minimum atomic E-state index is -0.0273. The molecule has 2 aromatic carbocycles. The van der Waals surface area contributed by atoms with Crippen molar-refractivity contribution in [3.05, 3.63) is 83.9 Å². The summed E-state index contributed by atoms with van der Waals surface area (Å²) in [5.41, 5.74) is 4.44. The van der Waals surface area contributed by atoms with E-state index in [1.807, 2.05) is 39.9 Å². The first kappa shape index (κ1) is 17.3. The molecule has 1 saturated heterocycles. The number of hydrogen-bond donors (Lipinski definition) is 1. The van der Waals surface area contributed by atoms with Gasteiger partial charge >= 0.3 is 6.03 Å². The lowest BCUT2D eigenvalue weighted by Crippen LogP contribution is -2.34. The predicted molar refractivity (Wildman–Crippen MR) is 107 cm³/mol. The average Bonchev–Trinajstić information content (AvgIpc) is 3.34. The molecule has 0 unspecified atom stereocenters. The van der Waals surface area contributed by atoms with E-state index in [1.54, 1.807) is 12.5 Å². The maximum atomic E-state index is 12.9. The molecule has 4 rings (SSSR count). The van der Waals surface area contributed by atoms with Crippen LogP contribution in [-0.4, -0.2) is 27.0 Å². The Labute approximate surface area is 159 Å². The summed E-state index contributed by atoms with van der Waals surface area (Å²) in [5, 5.41) is 3.09. The van der Waals surface area contributed by atoms with Gasteiger partial charge in [-0.15, -0.1) is 0 Å². The number of nitrogens with one attached hydrogen (secondary N) is 1. The predicted octanol–water partition coefficient (Wildman–Crippen LogP) is 4.61. The fourth-order valence-electron chi connectivity index (χ4n) is 3.83. The number of amides is 2. The van der Waals surface area contributed by atoms with Gasteiger partial charge in [-0.3, -0.25) is 0 Å². The Bertz CT molecular complexity index is 920. The summed E-state index contributed by atoms with van der Waals surface area (Å²) in [6, 6.07) is 16.5. The molecule has 27 heavy (non-hydrogen) atoms. The molecule has 0 saturated carbocycles. The number of benzene rings is 2. The molecule has 3 aromatic rings. The highest BCUT2D eigenvalue weighted by atomic mass is 16.2. The Morgan fingerprint density at radius 2 is 2.11 bits per heavy atom. The number of aromatic nitrogens is 2. The fraction of sp³-hybridized carbons (Fsp3) is 0.273. The van der Waals surface area contributed by atoms with Crippen LogP contribution in [-0.2, 0) is 6.54 Å². The second-order valence-corrected chi connectivity index (χ2v) is 7.07. The number of carbonyl (C=O) groups excluding carboxylic acids is 1. The molecule has 0 bridgehead atoms. The topological polar surface area (TPSA) is 50.2 Å². The maximum absolute atomic E-state index is 12.9. The number of hydrogen-bond acceptors (Lipinski definition) is 2. The van der Waals surface area contributed by atoms with Crippen molar-refractivity contribution < 1.29 is 4.79 Å². The number of likely N-dealkylation sites (tertiary alicyclic amines) is 1. The first-order chi connectivity index (χ1) is 13.2. The van der Waals surface area contributed by atoms with Gasteiger partial charge in [0.15, 0.2) is 0 Å². The maximum Gasteiger partial charge on any atom is 0.322 e. The van der Waals surface area contributed by atoms with E-state index in [-0.39, 0.29) is 12.1 Å². The fourth-order valence-corrected chi connectivity index (χ4v) is 3.83. The van der Waals surface area contributed by atoms with Crippen LogP contribution < -0.4 is 5.32 Å². The Morgan fingerprint density at radius 3 is 2.93 bits per heavy atom. The number of aryl methyl sites for hydroxylation is 1. The summed E-state index contributed by atoms with van der Waals surface area (Å²) in [6.07, 6.45) is 7.54. The summed E-state index contributed by atoms with van der Waals surface area (Å²) < 4.78 is 2.01. The molecule has 1 fully saturated rings. The first-order valence-electron chi connectivity index (χ1n) is 9.38. The van der Waals surface area contributed by atoms with Gasteiger partial charge < -0.3 is 14.8 Å². The quantitative estimate of drug-likeness (QED) is 0.739. The molecule has 0 radical (unpaired) electrons. The van der Waals surface area contributed by atoms with E-state index < -0.39 is 0 Å². The lowest BCUT2D eigenvalue weighted by Gasteiger charge is -2.26. The summed E-state index contributed by atoms with van der Waals surface area (Å²) in [4.78, 5) is 19.0. The lowest BCUT2D eigenvalue weighted by atomic mass is 9.99. The van der Waals surface area contributed by atoms with Gasteiger partial charge in [0.25, 0.3) is 0 Å². The molecule has 5 heteroatoms. The highest BCUT2D eigenvalue weighted by Gasteiger charge is 2.30. The van der Waals surface area contributed by atoms with E-state index >= 15 is 0 Å². The first-order valence-corrected chi connectivity index (χ1v) is 9.38. The molecule has 1 atom stereocenters. The summed E-state index contributed by atoms with van der Waals surface area (Å²) >= 11 is 0. The van der Waals surface area contributed by atoms with Crippen molar-refractivity contribution in [2.45, 2.75) is 32.4 Å². The molecular weight excluding hydrogens is 336 g/mol. The molecular formula is C22H24N4O. The third kappa shape index (κ3) is 3.87. The largest absolute Gasteiger partial charge is 0.333 e. The molecule has 5 nitrogen and oxygen atoms in total. The normalized spacial score (nSPS) is 16.5. The van der Waals surface area contributed by atoms with E-state index in [0.29, 0.717) is 0 Å². The zero-order valence-corrected chi connectivity index (χ0v) is 15.5. The van der Waals surface area contributed by atoms with Gasteiger partial charge in [-0.25, -0.2) is 9.78 Å². The zero-order valence-electron chi connectivity index (χ0n) is 15.5. The van der Waals surface area contributed by atoms with E-state index in [0.717, 1.165) is 37.2 Å². The lowest BCUT2D eigenvalue weighted by molar-refractivity contribution is 0.207. The molecule has 2 amide bonds. The second-order valence-electron chi connectivity index (χ2n) is 7.07. The summed E-state index contributed by atoms with van der Waals surface area (Å²) in [6.45, 7) is 3.64. The summed E-state index contributed by atoms with van der Waals surface area (Å²) in [5.74, 6) is 0. The summed E-state index contributed by atoms with van der Waals surface area (Å²) in [7, 11) is 0. The van der Waals surface area contributed by atoms with Crippen LogP contribution in [0.2, 0.25) is 0 Å². The van der Waals surface area contributed by atoms with Gasteiger partial charge in [0.1, 0.15) is 0 Å². The smallest absolute Gasteiger partial charge is 0.322 e. The van der Waals surface area contributed by atoms with Crippen LogP contribution in [0.4, 0.5) is 10.5 Å². The van der Waals surface area contributed by atoms with E-state index in [4.69, 9.17) is 0 Å². The third-order valence-electron chi connectivity index (χ3n) is 5.16. The number of rotatable bonds is 4. The van der Waals surface area contributed by atoms with Crippen molar-refractivity contribution >= 4 is 11.7 Å². The van der Waals surface area contributed by atoms with Gasteiger partial charge in [-0.05, 0) is 48.6 Å². The van der Waals surface area contributed by atoms with Crippen LogP contribution >= 0.6 is 0 Å². The Hall–Kier alpha value is -3.08. The van der Waals surface area contributed by atoms with Gasteiger partial charge in [0.05, 0.1) is 12.4 Å². The van der Waals surface area contributed by atoms with E-state index in [1.165, 1.54) is 11.1 Å². The molecule has 2 heterocycles. The van der Waals surface area contributed by atoms with Crippen LogP contribution in [0.5, 0.6) is 0 Å². The van der Waals surface area contributed by atoms with Crippen LogP contribution in [0, 0.1) is 6.92 Å². The number of imidazole rings is 1. The molecule has 0 aliphatic carbocycles. The van der Waals surface area contributed by atoms with Gasteiger partial charge in [0, 0.05) is 31.2 Å². The number of anilines is 1. The van der Waals surface area contributed by atoms with Gasteiger partial charge in [-0.2, -0.15) is 0 Å². The average molecular weight is 360 g/mol. The monoisotopic (exact) mass is 360 g/mol. The van der Waals surface area contributed by atoms with Crippen molar-refractivity contribution in [3.8, 4) is 0 Å². The number of urea groups is 1. The molecule has 1 aromatic heterocycles. The van der Waals surface area contributed by atoms with Crippen LogP contribution in [0.25, 0.3) is 0 Å². The van der Waals surface area contributed by atoms with Crippen LogP contribution in [0.1, 0.15) is 35.6 Å². The van der Waals surface area contributed by atoms with Crippen molar-refractivity contribution in [2.75, 3.05) is 11.9 Å². The standard InChI is InChI=1S/C22H24N4O/c1-17-6-2-3-9-20(17)21-10-5-12-26(21)22(27)24-19-8-4-7-18(14-19)15-25-13-11-23-16-25/h2-4,6-9,11,13-14,16,21H,5,10,12,15H2,1H3,(H,24,27)/t21-/m1/s1. The molecule has 1 aliphatic heterocycles. The van der Waals surface area contributed by atoms with E-state index in [2.05, 4.69) is 41.5 Å². The highest BCUT2D eigenvalue weighted by Crippen LogP contribution is 2.34. The van der Waals surface area contributed by atoms with Crippen LogP contribution in [0.15, 0.2) is 67.3 Å². The number of carbonyl (C=O) groups is 1. The van der Waals surface area contributed by atoms with Gasteiger partial charge in [-0.1, -0.05) is 36.4 Å². The molecule has 138 valence electrons. The van der Waals surface area contributed by atoms with Crippen molar-refractivity contribution in [1.29, 1.82) is 0 Å². The highest BCUT2D eigenvalue weighted by molar-refractivity contribution is 5.90. The number of nitrogens with zero attached hydrogens (tertiary/aromatic N) is 3. The van der Waals surface area contributed by atoms with Crippen LogP contribution in [0.3, 0.4) is 0 Å². The Balaban J connectivity index is 1.48. The SMILES string of the molecule is Cc1ccccc1[C@H]1CCCN1C(=O)Nc1cccc(Cn2ccnc2)c1. The Morgan fingerprint density at radius 1 is 1.22 bits per heavy atom. The minimum absolute atomic E-state index is 0.0273. The molecule has 1 N–H and O–H groups in total. The van der Waals surface area contributed by atoms with Crippen molar-refractivity contribution in [2.24, 2.45) is 0 Å². The second kappa shape index (κ2) is 7.66. The Kier molecular flexibility index (Phi) is 4.92. The van der Waals surface area contributed by atoms with Crippen molar-refractivity contribution in [1.82, 2.24) is 14.5 Å². The van der Waals surface area contributed by atoms with Gasteiger partial charge in [0.2, 0.25) is 0 Å². The molecule has 0 spiro atoms. The zero-order chi connectivity index (χ0) is 18.6. The van der Waals surface area contributed by atoms with E-state index in [9.17, 15) is 4.79 Å².